The van der Waals surface area contributed by atoms with Crippen LogP contribution in [-0.2, 0) is 0 Å². The average Bonchev–Trinajstić information content (AvgIpc) is 2.93. The number of benzene rings is 1. The highest BCUT2D eigenvalue weighted by Crippen LogP contribution is 2.30. The van der Waals surface area contributed by atoms with Crippen LogP contribution in [0.25, 0.3) is 10.2 Å². The molecular weight excluding hydrogens is 380 g/mol. The van der Waals surface area contributed by atoms with Gasteiger partial charge in [0.1, 0.15) is 10.6 Å². The molecule has 0 unspecified atom stereocenters. The van der Waals surface area contributed by atoms with E-state index in [0.29, 0.717) is 21.9 Å². The molecule has 0 N–H and O–H groups in total. The Hall–Kier alpha value is -2.12. The molecule has 0 atom stereocenters. The SMILES string of the molecule is COc1ccccc1C(=O)CSc1nc2sc(C)c(C)c2c(=O)n1C(C)C. The largest absolute Gasteiger partial charge is 0.496 e. The number of ether oxygens (including phenoxy) is 1. The number of thiophene rings is 1. The highest BCUT2D eigenvalue weighted by Gasteiger charge is 2.20. The molecule has 0 bridgehead atoms. The summed E-state index contributed by atoms with van der Waals surface area (Å²) in [5, 5.41) is 1.26. The van der Waals surface area contributed by atoms with Crippen molar-refractivity contribution < 1.29 is 9.53 Å². The van der Waals surface area contributed by atoms with Crippen LogP contribution in [0, 0.1) is 13.8 Å². The highest BCUT2D eigenvalue weighted by molar-refractivity contribution is 7.99. The molecule has 27 heavy (non-hydrogen) atoms. The number of hydrogen-bond acceptors (Lipinski definition) is 6. The van der Waals surface area contributed by atoms with Crippen molar-refractivity contribution in [2.75, 3.05) is 12.9 Å². The van der Waals surface area contributed by atoms with Crippen molar-refractivity contribution in [3.8, 4) is 5.75 Å². The summed E-state index contributed by atoms with van der Waals surface area (Å²) >= 11 is 2.82. The van der Waals surface area contributed by atoms with E-state index in [1.54, 1.807) is 23.8 Å². The Morgan fingerprint density at radius 1 is 1.30 bits per heavy atom. The van der Waals surface area contributed by atoms with Crippen LogP contribution in [0.4, 0.5) is 0 Å². The monoisotopic (exact) mass is 402 g/mol. The van der Waals surface area contributed by atoms with Crippen LogP contribution in [0.15, 0.2) is 34.2 Å². The Kier molecular flexibility index (Phi) is 5.72. The number of nitrogens with zero attached hydrogens (tertiary/aromatic N) is 2. The van der Waals surface area contributed by atoms with Gasteiger partial charge in [-0.2, -0.15) is 0 Å². The summed E-state index contributed by atoms with van der Waals surface area (Å²) in [6.45, 7) is 7.87. The summed E-state index contributed by atoms with van der Waals surface area (Å²) in [6, 6.07) is 7.11. The molecule has 3 aromatic rings. The Morgan fingerprint density at radius 2 is 2.00 bits per heavy atom. The number of Topliss-reactive ketones (excluding diaryl/α,β-unsaturated/α-hetero) is 1. The number of para-hydroxylation sites is 1. The summed E-state index contributed by atoms with van der Waals surface area (Å²) < 4.78 is 6.96. The van der Waals surface area contributed by atoms with E-state index in [1.807, 2.05) is 39.8 Å². The van der Waals surface area contributed by atoms with E-state index in [4.69, 9.17) is 9.72 Å². The lowest BCUT2D eigenvalue weighted by atomic mass is 10.1. The lowest BCUT2D eigenvalue weighted by Crippen LogP contribution is -2.25. The quantitative estimate of drug-likeness (QED) is 0.341. The zero-order valence-corrected chi connectivity index (χ0v) is 17.7. The predicted molar refractivity (Wildman–Crippen MR) is 112 cm³/mol. The maximum atomic E-state index is 13.1. The molecule has 0 spiro atoms. The highest BCUT2D eigenvalue weighted by atomic mass is 32.2. The fourth-order valence-corrected chi connectivity index (χ4v) is 5.01. The van der Waals surface area contributed by atoms with Crippen LogP contribution >= 0.6 is 23.1 Å². The molecule has 5 nitrogen and oxygen atoms in total. The van der Waals surface area contributed by atoms with Crippen LogP contribution in [0.5, 0.6) is 5.75 Å². The fourth-order valence-electron chi connectivity index (χ4n) is 2.93. The van der Waals surface area contributed by atoms with E-state index in [0.717, 1.165) is 15.3 Å². The normalized spacial score (nSPS) is 11.3. The zero-order valence-electron chi connectivity index (χ0n) is 16.0. The number of thioether (sulfide) groups is 1. The van der Waals surface area contributed by atoms with Gasteiger partial charge in [0.2, 0.25) is 0 Å². The lowest BCUT2D eigenvalue weighted by Gasteiger charge is -2.15. The van der Waals surface area contributed by atoms with E-state index < -0.39 is 0 Å². The Morgan fingerprint density at radius 3 is 2.67 bits per heavy atom. The third-order valence-electron chi connectivity index (χ3n) is 4.46. The van der Waals surface area contributed by atoms with Crippen molar-refractivity contribution in [2.45, 2.75) is 38.9 Å². The maximum absolute atomic E-state index is 13.1. The zero-order chi connectivity index (χ0) is 19.7. The molecule has 0 fully saturated rings. The predicted octanol–water partition coefficient (Wildman–Crippen LogP) is 4.64. The maximum Gasteiger partial charge on any atom is 0.263 e. The topological polar surface area (TPSA) is 61.2 Å². The van der Waals surface area contributed by atoms with E-state index in [1.165, 1.54) is 23.1 Å². The molecule has 0 saturated carbocycles. The minimum Gasteiger partial charge on any atom is -0.496 e. The van der Waals surface area contributed by atoms with Crippen molar-refractivity contribution in [1.82, 2.24) is 9.55 Å². The smallest absolute Gasteiger partial charge is 0.263 e. The Balaban J connectivity index is 1.98. The van der Waals surface area contributed by atoms with Crippen LogP contribution in [0.3, 0.4) is 0 Å². The minimum atomic E-state index is -0.0550. The first kappa shape index (κ1) is 19.6. The van der Waals surface area contributed by atoms with E-state index in [2.05, 4.69) is 0 Å². The second-order valence-electron chi connectivity index (χ2n) is 6.54. The van der Waals surface area contributed by atoms with Gasteiger partial charge in [0.25, 0.3) is 5.56 Å². The second-order valence-corrected chi connectivity index (χ2v) is 8.68. The first-order valence-corrected chi connectivity index (χ1v) is 10.5. The number of hydrogen-bond donors (Lipinski definition) is 0. The number of aryl methyl sites for hydroxylation is 2. The first-order chi connectivity index (χ1) is 12.8. The molecule has 2 heterocycles. The Labute approximate surface area is 166 Å². The second kappa shape index (κ2) is 7.86. The van der Waals surface area contributed by atoms with Crippen LogP contribution in [0.1, 0.15) is 40.7 Å². The number of rotatable bonds is 6. The third-order valence-corrected chi connectivity index (χ3v) is 6.51. The van der Waals surface area contributed by atoms with Crippen molar-refractivity contribution in [3.63, 3.8) is 0 Å². The molecule has 0 aliphatic rings. The molecule has 0 amide bonds. The van der Waals surface area contributed by atoms with Crippen LogP contribution in [0.2, 0.25) is 0 Å². The van der Waals surface area contributed by atoms with E-state index >= 15 is 0 Å². The molecule has 3 rings (SSSR count). The summed E-state index contributed by atoms with van der Waals surface area (Å²) in [5.74, 6) is 0.687. The fraction of sp³-hybridized carbons (Fsp3) is 0.350. The molecular formula is C20H22N2O3S2. The van der Waals surface area contributed by atoms with Crippen molar-refractivity contribution in [2.24, 2.45) is 0 Å². The molecule has 0 saturated heterocycles. The first-order valence-electron chi connectivity index (χ1n) is 8.66. The molecule has 0 aliphatic carbocycles. The standard InChI is InChI=1S/C20H22N2O3S2/c1-11(2)22-19(24)17-12(3)13(4)27-18(17)21-20(22)26-10-15(23)14-8-6-7-9-16(14)25-5/h6-9,11H,10H2,1-5H3. The van der Waals surface area contributed by atoms with Crippen molar-refractivity contribution in [3.05, 3.63) is 50.6 Å². The van der Waals surface area contributed by atoms with Gasteiger partial charge >= 0.3 is 0 Å². The van der Waals surface area contributed by atoms with Crippen molar-refractivity contribution in [1.29, 1.82) is 0 Å². The molecule has 142 valence electrons. The number of ketones is 1. The van der Waals surface area contributed by atoms with Crippen LogP contribution in [-0.4, -0.2) is 28.2 Å². The molecule has 2 aromatic heterocycles. The Bertz CT molecular complexity index is 1070. The minimum absolute atomic E-state index is 0.0379. The number of fused-ring (bicyclic) bond motifs is 1. The number of carbonyl (C=O) groups is 1. The lowest BCUT2D eigenvalue weighted by molar-refractivity contribution is 0.101. The number of methoxy groups -OCH3 is 1. The third kappa shape index (κ3) is 3.66. The summed E-state index contributed by atoms with van der Waals surface area (Å²) in [6.07, 6.45) is 0. The van der Waals surface area contributed by atoms with Gasteiger partial charge in [0.05, 0.1) is 23.8 Å². The van der Waals surface area contributed by atoms with Gasteiger partial charge in [-0.05, 0) is 45.4 Å². The van der Waals surface area contributed by atoms with Crippen molar-refractivity contribution >= 4 is 39.1 Å². The molecule has 0 radical (unpaired) electrons. The van der Waals surface area contributed by atoms with Gasteiger partial charge in [-0.1, -0.05) is 23.9 Å². The molecule has 1 aromatic carbocycles. The van der Waals surface area contributed by atoms with E-state index in [-0.39, 0.29) is 23.1 Å². The average molecular weight is 403 g/mol. The van der Waals surface area contributed by atoms with Crippen LogP contribution < -0.4 is 10.3 Å². The van der Waals surface area contributed by atoms with Gasteiger partial charge in [-0.15, -0.1) is 11.3 Å². The summed E-state index contributed by atoms with van der Waals surface area (Å²) in [5.41, 5.74) is 1.49. The summed E-state index contributed by atoms with van der Waals surface area (Å²) in [7, 11) is 1.55. The molecule has 0 aliphatic heterocycles. The van der Waals surface area contributed by atoms with E-state index in [9.17, 15) is 9.59 Å². The number of carbonyl (C=O) groups excluding carboxylic acids is 1. The van der Waals surface area contributed by atoms with Gasteiger partial charge in [0, 0.05) is 10.9 Å². The molecule has 7 heteroatoms. The van der Waals surface area contributed by atoms with Gasteiger partial charge in [0.15, 0.2) is 10.9 Å². The summed E-state index contributed by atoms with van der Waals surface area (Å²) in [4.78, 5) is 32.3. The van der Waals surface area contributed by atoms with Gasteiger partial charge in [-0.3, -0.25) is 14.2 Å². The number of aromatic nitrogens is 2. The van der Waals surface area contributed by atoms with Gasteiger partial charge < -0.3 is 4.74 Å². The van der Waals surface area contributed by atoms with Gasteiger partial charge in [-0.25, -0.2) is 4.98 Å².